The van der Waals surface area contributed by atoms with Gasteiger partial charge in [-0.25, -0.2) is 22.2 Å². The van der Waals surface area contributed by atoms with E-state index in [1.165, 1.54) is 13.6 Å². The van der Waals surface area contributed by atoms with Crippen molar-refractivity contribution >= 4 is 27.0 Å². The number of rotatable bonds is 5. The molecule has 1 aliphatic rings. The maximum atomic E-state index is 13.4. The van der Waals surface area contributed by atoms with Gasteiger partial charge in [0.1, 0.15) is 24.0 Å². The van der Waals surface area contributed by atoms with Gasteiger partial charge in [-0.1, -0.05) is 27.7 Å². The summed E-state index contributed by atoms with van der Waals surface area (Å²) >= 11 is 0. The summed E-state index contributed by atoms with van der Waals surface area (Å²) in [5.74, 6) is -15.8. The fraction of sp³-hybridized carbons (Fsp3) is 0.591. The zero-order valence-electron chi connectivity index (χ0n) is 21.9. The number of halogens is 6. The second kappa shape index (κ2) is 19.4. The minimum Gasteiger partial charge on any atom is -0.481 e. The first-order valence-corrected chi connectivity index (χ1v) is 12.3. The summed E-state index contributed by atoms with van der Waals surface area (Å²) in [7, 11) is -0.417. The number of carbonyl (C=O) groups excluding carboxylic acids is 2. The highest BCUT2D eigenvalue weighted by molar-refractivity contribution is 7.30. The first-order valence-electron chi connectivity index (χ1n) is 10.9. The van der Waals surface area contributed by atoms with Crippen LogP contribution in [0.3, 0.4) is 0 Å². The quantitative estimate of drug-likeness (QED) is 0.111. The Balaban J connectivity index is -0.000000639. The second-order valence-electron chi connectivity index (χ2n) is 7.05. The average Bonchev–Trinajstić information content (AvgIpc) is 2.92. The molecule has 0 spiro atoms. The molecule has 16 heteroatoms. The van der Waals surface area contributed by atoms with Gasteiger partial charge < -0.3 is 29.5 Å². The van der Waals surface area contributed by atoms with Gasteiger partial charge in [0.2, 0.25) is 34.8 Å². The van der Waals surface area contributed by atoms with E-state index in [-0.39, 0.29) is 0 Å². The fourth-order valence-electron chi connectivity index (χ4n) is 1.71. The third-order valence-electron chi connectivity index (χ3n) is 4.09. The molecule has 38 heavy (non-hydrogen) atoms. The van der Waals surface area contributed by atoms with Crippen LogP contribution in [0.5, 0.6) is 5.75 Å². The molecular weight excluding hydrogens is 553 g/mol. The molecule has 1 aliphatic heterocycles. The van der Waals surface area contributed by atoms with Crippen LogP contribution in [0.15, 0.2) is 0 Å². The average molecular weight is 586 g/mol. The molecule has 0 aliphatic carbocycles. The van der Waals surface area contributed by atoms with Crippen LogP contribution in [0.4, 0.5) is 30.9 Å². The van der Waals surface area contributed by atoms with E-state index in [4.69, 9.17) is 15.3 Å². The third kappa shape index (κ3) is 11.4. The lowest BCUT2D eigenvalue weighted by Gasteiger charge is -2.29. The second-order valence-corrected chi connectivity index (χ2v) is 7.43. The first-order chi connectivity index (χ1) is 17.6. The largest absolute Gasteiger partial charge is 0.508 e. The number of carbonyl (C=O) groups is 3. The number of hydrogen-bond acceptors (Lipinski definition) is 8. The smallest absolute Gasteiger partial charge is 0.481 e. The fourth-order valence-corrected chi connectivity index (χ4v) is 1.71. The van der Waals surface area contributed by atoms with Crippen LogP contribution < -0.4 is 4.74 Å². The standard InChI is InChI=1S/C12H7F5O5.C5H10O4.2C2H6.CH4FP/c1-12(2-20-11(19)21-3-12)10(18)22-9-7(16)5(14)4(13)6(15)8(9)17;1-5(2-6,3-7)4(8)9;2*1-2;1-3-2/h2-3H2,1H3;6-7H,2-3H2,1H3,(H,8,9);2*1-2H3;3H,1H3. The van der Waals surface area contributed by atoms with Crippen molar-refractivity contribution in [2.24, 2.45) is 10.8 Å². The molecular formula is C22H33F6O9P. The minimum atomic E-state index is -2.38. The summed E-state index contributed by atoms with van der Waals surface area (Å²) in [5.41, 5.74) is -3.05. The number of cyclic esters (lactones) is 2. The predicted octanol–water partition coefficient (Wildman–Crippen LogP) is 4.75. The van der Waals surface area contributed by atoms with Gasteiger partial charge in [0.05, 0.1) is 22.1 Å². The van der Waals surface area contributed by atoms with Gasteiger partial charge in [-0.2, -0.15) is 8.78 Å². The highest BCUT2D eigenvalue weighted by atomic mass is 31.1. The van der Waals surface area contributed by atoms with Crippen molar-refractivity contribution in [3.05, 3.63) is 29.1 Å². The van der Waals surface area contributed by atoms with E-state index in [1.54, 1.807) is 0 Å². The third-order valence-corrected chi connectivity index (χ3v) is 4.09. The molecule has 3 N–H and O–H groups in total. The maximum Gasteiger partial charge on any atom is 0.508 e. The lowest BCUT2D eigenvalue weighted by atomic mass is 9.92. The monoisotopic (exact) mass is 586 g/mol. The lowest BCUT2D eigenvalue weighted by Crippen LogP contribution is -2.45. The Hall–Kier alpha value is -2.64. The zero-order chi connectivity index (χ0) is 30.9. The molecule has 0 amide bonds. The van der Waals surface area contributed by atoms with Gasteiger partial charge in [0.15, 0.2) is 0 Å². The van der Waals surface area contributed by atoms with Gasteiger partial charge in [-0.3, -0.25) is 9.59 Å². The molecule has 1 saturated heterocycles. The van der Waals surface area contributed by atoms with Crippen LogP contribution in [0.1, 0.15) is 41.5 Å². The Labute approximate surface area is 218 Å². The van der Waals surface area contributed by atoms with Crippen molar-refractivity contribution in [3.8, 4) is 5.75 Å². The number of aliphatic carboxylic acids is 1. The van der Waals surface area contributed by atoms with E-state index in [2.05, 4.69) is 14.2 Å². The van der Waals surface area contributed by atoms with Crippen LogP contribution in [0, 0.1) is 39.9 Å². The van der Waals surface area contributed by atoms with E-state index in [0.717, 1.165) is 6.92 Å². The number of aliphatic hydroxyl groups excluding tert-OH is 2. The molecule has 1 aromatic rings. The minimum absolute atomic E-state index is 0.417. The van der Waals surface area contributed by atoms with E-state index in [9.17, 15) is 40.5 Å². The van der Waals surface area contributed by atoms with Crippen LogP contribution in [0.25, 0.3) is 0 Å². The molecule has 1 fully saturated rings. The Morgan fingerprint density at radius 3 is 1.50 bits per heavy atom. The molecule has 1 atom stereocenters. The molecule has 0 aromatic heterocycles. The Kier molecular flexibility index (Phi) is 20.4. The number of benzene rings is 1. The summed E-state index contributed by atoms with van der Waals surface area (Å²) in [6.45, 7) is 9.75. The number of carboxylic acids is 1. The van der Waals surface area contributed by atoms with Gasteiger partial charge in [-0.15, -0.1) is 0 Å². The Bertz CT molecular complexity index is 860. The zero-order valence-corrected chi connectivity index (χ0v) is 22.9. The highest BCUT2D eigenvalue weighted by Crippen LogP contribution is 2.32. The number of hydrogen-bond donors (Lipinski definition) is 3. The molecule has 0 saturated carbocycles. The van der Waals surface area contributed by atoms with Crippen molar-refractivity contribution in [3.63, 3.8) is 0 Å². The predicted molar refractivity (Wildman–Crippen MR) is 125 cm³/mol. The van der Waals surface area contributed by atoms with Crippen LogP contribution >= 0.6 is 8.89 Å². The van der Waals surface area contributed by atoms with E-state index < -0.39 is 99.1 Å². The number of ether oxygens (including phenoxy) is 3. The topological polar surface area (TPSA) is 140 Å². The van der Waals surface area contributed by atoms with Crippen LogP contribution in [-0.4, -0.2) is 66.5 Å². The lowest BCUT2D eigenvalue weighted by molar-refractivity contribution is -0.156. The van der Waals surface area contributed by atoms with E-state index in [1.807, 2.05) is 27.7 Å². The molecule has 1 aromatic carbocycles. The van der Waals surface area contributed by atoms with Crippen LogP contribution in [0.2, 0.25) is 0 Å². The molecule has 0 radical (unpaired) electrons. The van der Waals surface area contributed by atoms with Crippen molar-refractivity contribution in [1.82, 2.24) is 0 Å². The molecule has 2 rings (SSSR count). The molecule has 9 nitrogen and oxygen atoms in total. The van der Waals surface area contributed by atoms with Crippen molar-refractivity contribution in [1.29, 1.82) is 0 Å². The first kappa shape index (κ1) is 39.9. The van der Waals surface area contributed by atoms with Crippen molar-refractivity contribution in [2.75, 3.05) is 33.1 Å². The summed E-state index contributed by atoms with van der Waals surface area (Å²) < 4.78 is 89.1. The van der Waals surface area contributed by atoms with Gasteiger partial charge in [0, 0.05) is 0 Å². The summed E-state index contributed by atoms with van der Waals surface area (Å²) in [6.07, 6.45) is -1.07. The number of aliphatic hydroxyl groups is 2. The maximum absolute atomic E-state index is 13.4. The molecule has 1 unspecified atom stereocenters. The highest BCUT2D eigenvalue weighted by Gasteiger charge is 2.43. The van der Waals surface area contributed by atoms with E-state index in [0.29, 0.717) is 0 Å². The molecule has 222 valence electrons. The number of esters is 1. The molecule has 0 bridgehead atoms. The number of carboxylic acid groups (broad SMARTS) is 1. The summed E-state index contributed by atoms with van der Waals surface area (Å²) in [6, 6.07) is 0. The summed E-state index contributed by atoms with van der Waals surface area (Å²) in [5, 5.41) is 25.1. The van der Waals surface area contributed by atoms with Crippen molar-refractivity contribution in [2.45, 2.75) is 41.5 Å². The van der Waals surface area contributed by atoms with Gasteiger partial charge >= 0.3 is 18.1 Å². The van der Waals surface area contributed by atoms with Crippen LogP contribution in [-0.2, 0) is 19.1 Å². The van der Waals surface area contributed by atoms with Gasteiger partial charge in [-0.05, 0) is 20.5 Å². The summed E-state index contributed by atoms with van der Waals surface area (Å²) in [4.78, 5) is 32.7. The SMILES string of the molecule is CC.CC.CC(CO)(CO)C(=O)O.CC1(C(=O)Oc2c(F)c(F)c(F)c(F)c2F)COC(=O)OC1.CPF. The Morgan fingerprint density at radius 1 is 0.921 bits per heavy atom. The van der Waals surface area contributed by atoms with Crippen molar-refractivity contribution < 1.29 is 70.1 Å². The van der Waals surface area contributed by atoms with E-state index >= 15 is 0 Å². The van der Waals surface area contributed by atoms with Gasteiger partial charge in [0.25, 0.3) is 0 Å². The molecule has 1 heterocycles. The normalized spacial score (nSPS) is 13.5. The Morgan fingerprint density at radius 2 is 1.24 bits per heavy atom.